The summed E-state index contributed by atoms with van der Waals surface area (Å²) < 4.78 is 41.6. The van der Waals surface area contributed by atoms with Gasteiger partial charge < -0.3 is 15.2 Å². The average Bonchev–Trinajstić information content (AvgIpc) is 2.37. The summed E-state index contributed by atoms with van der Waals surface area (Å²) in [4.78, 5) is 22.5. The fourth-order valence-corrected chi connectivity index (χ4v) is 1.59. The van der Waals surface area contributed by atoms with Gasteiger partial charge in [0.2, 0.25) is 0 Å². The molecule has 0 saturated carbocycles. The fraction of sp³-hybridized carbons (Fsp3) is 0.385. The molecule has 1 atom stereocenters. The number of carboxylic acids is 1. The summed E-state index contributed by atoms with van der Waals surface area (Å²) >= 11 is 0. The minimum absolute atomic E-state index is 0.0725. The predicted molar refractivity (Wildman–Crippen MR) is 66.7 cm³/mol. The molecule has 1 aromatic rings. The van der Waals surface area contributed by atoms with E-state index in [1.165, 1.54) is 19.2 Å². The number of carbonyl (C=O) groups excluding carboxylic acids is 1. The second kappa shape index (κ2) is 7.07. The zero-order chi connectivity index (χ0) is 16.0. The first-order chi connectivity index (χ1) is 9.73. The Bertz CT molecular complexity index is 499. The number of carbonyl (C=O) groups is 2. The third-order valence-electron chi connectivity index (χ3n) is 2.57. The maximum absolute atomic E-state index is 12.2. The highest BCUT2D eigenvalue weighted by molar-refractivity contribution is 5.96. The lowest BCUT2D eigenvalue weighted by Gasteiger charge is -2.16. The minimum atomic E-state index is -4.68. The van der Waals surface area contributed by atoms with Gasteiger partial charge in [-0.3, -0.25) is 4.79 Å². The molecular formula is C13H14F3NO4. The Kier molecular flexibility index (Phi) is 5.71. The van der Waals surface area contributed by atoms with Gasteiger partial charge in [0.25, 0.3) is 5.91 Å². The highest BCUT2D eigenvalue weighted by atomic mass is 19.4. The first kappa shape index (κ1) is 17.0. The van der Waals surface area contributed by atoms with Crippen molar-refractivity contribution >= 4 is 11.9 Å². The third-order valence-corrected chi connectivity index (χ3v) is 2.57. The molecule has 21 heavy (non-hydrogen) atoms. The van der Waals surface area contributed by atoms with Crippen molar-refractivity contribution < 1.29 is 32.6 Å². The van der Waals surface area contributed by atoms with Crippen molar-refractivity contribution in [3.8, 4) is 0 Å². The molecule has 8 heteroatoms. The molecule has 2 N–H and O–H groups in total. The van der Waals surface area contributed by atoms with Crippen molar-refractivity contribution in [1.82, 2.24) is 5.32 Å². The molecule has 5 nitrogen and oxygen atoms in total. The summed E-state index contributed by atoms with van der Waals surface area (Å²) in [5.74, 6) is -2.62. The van der Waals surface area contributed by atoms with Gasteiger partial charge in [-0.2, -0.15) is 13.2 Å². The lowest BCUT2D eigenvalue weighted by molar-refractivity contribution is -0.157. The van der Waals surface area contributed by atoms with Crippen LogP contribution in [0.1, 0.15) is 22.3 Å². The number of alkyl halides is 3. The Morgan fingerprint density at radius 2 is 1.86 bits per heavy atom. The molecule has 0 aliphatic heterocycles. The van der Waals surface area contributed by atoms with Crippen molar-refractivity contribution in [1.29, 1.82) is 0 Å². The Morgan fingerprint density at radius 1 is 1.29 bits per heavy atom. The highest BCUT2D eigenvalue weighted by Gasteiger charge is 2.36. The molecule has 1 amide bonds. The van der Waals surface area contributed by atoms with Gasteiger partial charge in [-0.25, -0.2) is 4.79 Å². The van der Waals surface area contributed by atoms with Gasteiger partial charge in [0.05, 0.1) is 13.0 Å². The summed E-state index contributed by atoms with van der Waals surface area (Å²) in [6.07, 6.45) is -6.31. The second-order valence-corrected chi connectivity index (χ2v) is 4.31. The van der Waals surface area contributed by atoms with E-state index < -0.39 is 30.5 Å². The van der Waals surface area contributed by atoms with E-state index in [0.717, 1.165) is 5.56 Å². The Labute approximate surface area is 118 Å². The number of rotatable bonds is 6. The van der Waals surface area contributed by atoms with E-state index in [1.54, 1.807) is 12.1 Å². The zero-order valence-corrected chi connectivity index (χ0v) is 11.1. The Morgan fingerprint density at radius 3 is 2.29 bits per heavy atom. The monoisotopic (exact) mass is 305 g/mol. The normalized spacial score (nSPS) is 12.8. The van der Waals surface area contributed by atoms with E-state index in [9.17, 15) is 22.8 Å². The van der Waals surface area contributed by atoms with Crippen LogP contribution < -0.4 is 5.32 Å². The molecule has 1 rings (SSSR count). The summed E-state index contributed by atoms with van der Waals surface area (Å²) in [5.41, 5.74) is 0.849. The van der Waals surface area contributed by atoms with Gasteiger partial charge >= 0.3 is 12.1 Å². The van der Waals surface area contributed by atoms with Crippen molar-refractivity contribution in [3.05, 3.63) is 35.4 Å². The van der Waals surface area contributed by atoms with Crippen LogP contribution in [0.2, 0.25) is 0 Å². The molecule has 116 valence electrons. The van der Waals surface area contributed by atoms with Crippen LogP contribution >= 0.6 is 0 Å². The highest BCUT2D eigenvalue weighted by Crippen LogP contribution is 2.21. The third kappa shape index (κ3) is 5.82. The number of ether oxygens (including phenoxy) is 1. The summed E-state index contributed by atoms with van der Waals surface area (Å²) in [5, 5.41) is 10.6. The molecule has 1 aromatic carbocycles. The van der Waals surface area contributed by atoms with Crippen molar-refractivity contribution in [2.75, 3.05) is 7.11 Å². The fourth-order valence-electron chi connectivity index (χ4n) is 1.59. The molecule has 0 heterocycles. The number of benzene rings is 1. The number of methoxy groups -OCH3 is 1. The molecular weight excluding hydrogens is 291 g/mol. The van der Waals surface area contributed by atoms with Gasteiger partial charge in [0, 0.05) is 12.7 Å². The second-order valence-electron chi connectivity index (χ2n) is 4.31. The number of nitrogens with one attached hydrogen (secondary N) is 1. The van der Waals surface area contributed by atoms with Crippen LogP contribution in [0, 0.1) is 0 Å². The van der Waals surface area contributed by atoms with Gasteiger partial charge in [-0.05, 0) is 17.7 Å². The van der Waals surface area contributed by atoms with Crippen LogP contribution in [-0.4, -0.2) is 36.3 Å². The van der Waals surface area contributed by atoms with Crippen molar-refractivity contribution in [2.24, 2.45) is 0 Å². The minimum Gasteiger partial charge on any atom is -0.480 e. The topological polar surface area (TPSA) is 75.6 Å². The number of halogens is 3. The lowest BCUT2D eigenvalue weighted by Crippen LogP contribution is -2.43. The Hall–Kier alpha value is -2.09. The lowest BCUT2D eigenvalue weighted by atomic mass is 10.1. The van der Waals surface area contributed by atoms with E-state index in [2.05, 4.69) is 0 Å². The molecule has 1 unspecified atom stereocenters. The molecule has 0 radical (unpaired) electrons. The SMILES string of the molecule is COCc1ccc(C(=O)NC(CC(F)(F)F)C(=O)O)cc1. The predicted octanol–water partition coefficient (Wildman–Crippen LogP) is 1.97. The first-order valence-corrected chi connectivity index (χ1v) is 5.91. The molecule has 0 aliphatic carbocycles. The van der Waals surface area contributed by atoms with Gasteiger partial charge in [0.15, 0.2) is 0 Å². The molecule has 0 aromatic heterocycles. The largest absolute Gasteiger partial charge is 0.480 e. The van der Waals surface area contributed by atoms with Gasteiger partial charge in [-0.15, -0.1) is 0 Å². The quantitative estimate of drug-likeness (QED) is 0.842. The molecule has 0 fully saturated rings. The number of hydrogen-bond donors (Lipinski definition) is 2. The van der Waals surface area contributed by atoms with E-state index in [0.29, 0.717) is 6.61 Å². The van der Waals surface area contributed by atoms with Crippen LogP contribution in [0.5, 0.6) is 0 Å². The van der Waals surface area contributed by atoms with E-state index in [4.69, 9.17) is 9.84 Å². The van der Waals surface area contributed by atoms with Crippen LogP contribution in [0.4, 0.5) is 13.2 Å². The van der Waals surface area contributed by atoms with E-state index in [1.807, 2.05) is 5.32 Å². The van der Waals surface area contributed by atoms with Crippen molar-refractivity contribution in [3.63, 3.8) is 0 Å². The molecule has 0 bridgehead atoms. The summed E-state index contributed by atoms with van der Waals surface area (Å²) in [6.45, 7) is 0.327. The standard InChI is InChI=1S/C13H14F3NO4/c1-21-7-8-2-4-9(5-3-8)11(18)17-10(12(19)20)6-13(14,15)16/h2-5,10H,6-7H2,1H3,(H,17,18)(H,19,20). The summed E-state index contributed by atoms with van der Waals surface area (Å²) in [6, 6.07) is 3.89. The Balaban J connectivity index is 2.75. The smallest absolute Gasteiger partial charge is 0.391 e. The number of hydrogen-bond acceptors (Lipinski definition) is 3. The molecule has 0 aliphatic rings. The van der Waals surface area contributed by atoms with Gasteiger partial charge in [-0.1, -0.05) is 12.1 Å². The van der Waals surface area contributed by atoms with Crippen molar-refractivity contribution in [2.45, 2.75) is 25.2 Å². The number of amides is 1. The van der Waals surface area contributed by atoms with Crippen LogP contribution in [0.3, 0.4) is 0 Å². The van der Waals surface area contributed by atoms with Crippen LogP contribution in [-0.2, 0) is 16.1 Å². The number of carboxylic acid groups (broad SMARTS) is 1. The van der Waals surface area contributed by atoms with E-state index in [-0.39, 0.29) is 5.56 Å². The van der Waals surface area contributed by atoms with Crippen LogP contribution in [0.25, 0.3) is 0 Å². The maximum atomic E-state index is 12.2. The molecule has 0 spiro atoms. The van der Waals surface area contributed by atoms with E-state index >= 15 is 0 Å². The first-order valence-electron chi connectivity index (χ1n) is 5.91. The zero-order valence-electron chi connectivity index (χ0n) is 11.1. The maximum Gasteiger partial charge on any atom is 0.391 e. The summed E-state index contributed by atoms with van der Waals surface area (Å²) in [7, 11) is 1.50. The molecule has 0 saturated heterocycles. The average molecular weight is 305 g/mol. The van der Waals surface area contributed by atoms with Crippen LogP contribution in [0.15, 0.2) is 24.3 Å². The van der Waals surface area contributed by atoms with Gasteiger partial charge in [0.1, 0.15) is 6.04 Å². The number of aliphatic carboxylic acids is 1.